The molecule has 170 valence electrons. The van der Waals surface area contributed by atoms with E-state index in [9.17, 15) is 14.7 Å². The molecule has 0 saturated carbocycles. The van der Waals surface area contributed by atoms with Gasteiger partial charge in [-0.15, -0.1) is 0 Å². The quantitative estimate of drug-likeness (QED) is 0.387. The summed E-state index contributed by atoms with van der Waals surface area (Å²) in [4.78, 5) is 25.5. The average Bonchev–Trinajstić information content (AvgIpc) is 3.05. The molecule has 0 radical (unpaired) electrons. The Morgan fingerprint density at radius 1 is 0.912 bits per heavy atom. The Morgan fingerprint density at radius 2 is 1.56 bits per heavy atom. The van der Waals surface area contributed by atoms with Crippen LogP contribution in [0.3, 0.4) is 0 Å². The molecule has 34 heavy (non-hydrogen) atoms. The van der Waals surface area contributed by atoms with Gasteiger partial charge in [0.05, 0.1) is 24.0 Å². The van der Waals surface area contributed by atoms with Crippen molar-refractivity contribution in [1.82, 2.24) is 0 Å². The number of benzene rings is 3. The number of anilines is 2. The molecule has 0 bridgehead atoms. The third-order valence-electron chi connectivity index (χ3n) is 5.78. The third kappa shape index (κ3) is 6.63. The minimum absolute atomic E-state index is 0. The van der Waals surface area contributed by atoms with Gasteiger partial charge in [0.2, 0.25) is 0 Å². The fraction of sp³-hybridized carbons (Fsp3) is 0.259. The van der Waals surface area contributed by atoms with Gasteiger partial charge in [-0.25, -0.2) is 9.69 Å². The van der Waals surface area contributed by atoms with E-state index in [4.69, 9.17) is 9.47 Å². The van der Waals surface area contributed by atoms with Crippen molar-refractivity contribution in [3.63, 3.8) is 0 Å². The van der Waals surface area contributed by atoms with Gasteiger partial charge in [-0.1, -0.05) is 48.5 Å². The molecule has 6 nitrogen and oxygen atoms in total. The van der Waals surface area contributed by atoms with Gasteiger partial charge in [0, 0.05) is 0 Å². The van der Waals surface area contributed by atoms with Crippen LogP contribution in [-0.2, 0) is 22.4 Å². The number of aliphatic carboxylic acids is 1. The number of nitrogens with zero attached hydrogens (tertiary/aromatic N) is 1. The normalized spacial score (nSPS) is 14.6. The van der Waals surface area contributed by atoms with Crippen molar-refractivity contribution in [1.29, 1.82) is 0 Å². The van der Waals surface area contributed by atoms with Crippen LogP contribution in [0, 0.1) is 5.92 Å². The van der Waals surface area contributed by atoms with Crippen LogP contribution in [0.15, 0.2) is 78.9 Å². The van der Waals surface area contributed by atoms with Crippen LogP contribution < -0.4 is 44.3 Å². The first-order chi connectivity index (χ1) is 16.1. The maximum Gasteiger partial charge on any atom is 1.00 e. The van der Waals surface area contributed by atoms with Crippen LogP contribution in [0.1, 0.15) is 24.0 Å². The van der Waals surface area contributed by atoms with Crippen molar-refractivity contribution < 1.29 is 53.7 Å². The molecule has 1 atom stereocenters. The third-order valence-corrected chi connectivity index (χ3v) is 5.78. The van der Waals surface area contributed by atoms with E-state index in [0.29, 0.717) is 12.4 Å². The molecular formula is C27H26NNaO5. The summed E-state index contributed by atoms with van der Waals surface area (Å²) in [6.45, 7) is -0.162. The SMILES string of the molecule is O=C([O-])COc1cccc2c1CCCC(COC(=O)N(c1ccccc1)c1ccccc1)C2.[Na+]. The van der Waals surface area contributed by atoms with Gasteiger partial charge in [0.25, 0.3) is 0 Å². The minimum Gasteiger partial charge on any atom is -0.546 e. The van der Waals surface area contributed by atoms with Gasteiger partial charge < -0.3 is 19.4 Å². The number of hydrogen-bond acceptors (Lipinski definition) is 5. The van der Waals surface area contributed by atoms with Crippen molar-refractivity contribution in [2.75, 3.05) is 18.1 Å². The summed E-state index contributed by atoms with van der Waals surface area (Å²) in [7, 11) is 0. The largest absolute Gasteiger partial charge is 1.00 e. The van der Waals surface area contributed by atoms with Crippen molar-refractivity contribution in [2.45, 2.75) is 25.7 Å². The van der Waals surface area contributed by atoms with E-state index in [0.717, 1.165) is 48.2 Å². The predicted octanol–water partition coefficient (Wildman–Crippen LogP) is 1.29. The fourth-order valence-corrected chi connectivity index (χ4v) is 4.25. The maximum atomic E-state index is 13.1. The standard InChI is InChI=1S/C27H27NO5.Na/c29-26(30)19-32-25-16-8-10-21-17-20(9-7-15-24(21)25)18-33-27(31)28(22-11-3-1-4-12-22)23-13-5-2-6-14-23;/h1-6,8,10-14,16,20H,7,9,15,17-19H2,(H,29,30);/q;+1/p-1. The first-order valence-electron chi connectivity index (χ1n) is 11.1. The van der Waals surface area contributed by atoms with Crippen molar-refractivity contribution >= 4 is 23.4 Å². The number of hydrogen-bond donors (Lipinski definition) is 0. The van der Waals surface area contributed by atoms with E-state index in [2.05, 4.69) is 0 Å². The summed E-state index contributed by atoms with van der Waals surface area (Å²) in [5.74, 6) is -0.485. The first kappa shape index (κ1) is 25.8. The minimum atomic E-state index is -1.24. The molecule has 4 rings (SSSR count). The van der Waals surface area contributed by atoms with Gasteiger partial charge in [0.1, 0.15) is 12.4 Å². The van der Waals surface area contributed by atoms with E-state index in [1.54, 1.807) is 11.0 Å². The number of fused-ring (bicyclic) bond motifs is 1. The number of amides is 1. The predicted molar refractivity (Wildman–Crippen MR) is 123 cm³/mol. The van der Waals surface area contributed by atoms with E-state index < -0.39 is 18.7 Å². The topological polar surface area (TPSA) is 78.9 Å². The Balaban J connectivity index is 0.00000324. The van der Waals surface area contributed by atoms with E-state index >= 15 is 0 Å². The molecule has 0 spiro atoms. The van der Waals surface area contributed by atoms with Gasteiger partial charge in [0.15, 0.2) is 0 Å². The maximum absolute atomic E-state index is 13.1. The second-order valence-electron chi connectivity index (χ2n) is 8.10. The molecule has 3 aromatic rings. The van der Waals surface area contributed by atoms with E-state index in [1.807, 2.05) is 72.8 Å². The summed E-state index contributed by atoms with van der Waals surface area (Å²) >= 11 is 0. The van der Waals surface area contributed by atoms with Crippen molar-refractivity contribution in [3.05, 3.63) is 90.0 Å². The summed E-state index contributed by atoms with van der Waals surface area (Å²) in [5, 5.41) is 10.8. The van der Waals surface area contributed by atoms with Gasteiger partial charge in [-0.3, -0.25) is 0 Å². The number of ether oxygens (including phenoxy) is 2. The van der Waals surface area contributed by atoms with Gasteiger partial charge >= 0.3 is 35.7 Å². The second kappa shape index (κ2) is 12.6. The van der Waals surface area contributed by atoms with E-state index in [1.165, 1.54) is 0 Å². The van der Waals surface area contributed by atoms with Crippen LogP contribution in [0.5, 0.6) is 5.75 Å². The molecular weight excluding hydrogens is 441 g/mol. The molecule has 1 amide bonds. The van der Waals surface area contributed by atoms with Crippen LogP contribution in [-0.4, -0.2) is 25.3 Å². The zero-order chi connectivity index (χ0) is 23.0. The Kier molecular flexibility index (Phi) is 9.57. The van der Waals surface area contributed by atoms with Crippen LogP contribution >= 0.6 is 0 Å². The number of para-hydroxylation sites is 2. The molecule has 7 heteroatoms. The number of rotatable bonds is 7. The van der Waals surface area contributed by atoms with E-state index in [-0.39, 0.29) is 35.5 Å². The molecule has 0 aromatic heterocycles. The Labute approximate surface area is 221 Å². The number of carboxylic acid groups (broad SMARTS) is 1. The smallest absolute Gasteiger partial charge is 0.546 e. The Bertz CT molecular complexity index is 1050. The second-order valence-corrected chi connectivity index (χ2v) is 8.10. The van der Waals surface area contributed by atoms with Crippen LogP contribution in [0.25, 0.3) is 0 Å². The zero-order valence-electron chi connectivity index (χ0n) is 19.3. The molecule has 0 heterocycles. The van der Waals surface area contributed by atoms with Crippen molar-refractivity contribution in [3.8, 4) is 5.75 Å². The monoisotopic (exact) mass is 467 g/mol. The molecule has 0 fully saturated rings. The molecule has 1 unspecified atom stereocenters. The molecule has 0 N–H and O–H groups in total. The zero-order valence-corrected chi connectivity index (χ0v) is 21.3. The van der Waals surface area contributed by atoms with Crippen LogP contribution in [0.4, 0.5) is 16.2 Å². The summed E-state index contributed by atoms with van der Waals surface area (Å²) in [6, 6.07) is 24.6. The number of carbonyl (C=O) groups excluding carboxylic acids is 2. The van der Waals surface area contributed by atoms with Gasteiger partial charge in [-0.2, -0.15) is 0 Å². The Hall–Kier alpha value is -2.80. The summed E-state index contributed by atoms with van der Waals surface area (Å²) < 4.78 is 11.2. The molecule has 1 aliphatic rings. The molecule has 1 aliphatic carbocycles. The summed E-state index contributed by atoms with van der Waals surface area (Å²) in [6.07, 6.45) is 2.92. The fourth-order valence-electron chi connectivity index (χ4n) is 4.25. The molecule has 3 aromatic carbocycles. The van der Waals surface area contributed by atoms with Crippen LogP contribution in [0.2, 0.25) is 0 Å². The Morgan fingerprint density at radius 3 is 2.18 bits per heavy atom. The molecule has 0 aliphatic heterocycles. The van der Waals surface area contributed by atoms with Crippen molar-refractivity contribution in [2.24, 2.45) is 5.92 Å². The number of carboxylic acids is 1. The summed E-state index contributed by atoms with van der Waals surface area (Å²) in [5.41, 5.74) is 3.62. The number of carbonyl (C=O) groups is 2. The molecule has 0 saturated heterocycles. The average molecular weight is 467 g/mol. The van der Waals surface area contributed by atoms with Gasteiger partial charge in [-0.05, 0) is 73.1 Å². The first-order valence-corrected chi connectivity index (χ1v) is 11.1.